The van der Waals surface area contributed by atoms with Crippen molar-refractivity contribution < 1.29 is 4.79 Å². The highest BCUT2D eigenvalue weighted by molar-refractivity contribution is 5.74. The molecule has 1 saturated carbocycles. The van der Waals surface area contributed by atoms with Gasteiger partial charge in [0, 0.05) is 32.0 Å². The van der Waals surface area contributed by atoms with Crippen molar-refractivity contribution in [3.8, 4) is 0 Å². The first-order chi connectivity index (χ1) is 10.1. The Morgan fingerprint density at radius 2 is 2.10 bits per heavy atom. The Balaban J connectivity index is 1.51. The van der Waals surface area contributed by atoms with Gasteiger partial charge in [-0.15, -0.1) is 0 Å². The number of imidazole rings is 1. The van der Waals surface area contributed by atoms with E-state index >= 15 is 0 Å². The average Bonchev–Trinajstić information content (AvgIpc) is 3.09. The zero-order chi connectivity index (χ0) is 14.8. The Morgan fingerprint density at radius 1 is 1.38 bits per heavy atom. The molecule has 0 aromatic carbocycles. The summed E-state index contributed by atoms with van der Waals surface area (Å²) in [6.07, 6.45) is 7.74. The summed E-state index contributed by atoms with van der Waals surface area (Å²) >= 11 is 0. The highest BCUT2D eigenvalue weighted by atomic mass is 16.2. The van der Waals surface area contributed by atoms with Crippen molar-refractivity contribution in [3.05, 3.63) is 18.2 Å². The molecular weight excluding hydrogens is 264 g/mol. The van der Waals surface area contributed by atoms with Gasteiger partial charge in [-0.25, -0.2) is 9.78 Å². The van der Waals surface area contributed by atoms with Crippen molar-refractivity contribution in [2.75, 3.05) is 13.1 Å². The van der Waals surface area contributed by atoms with Crippen molar-refractivity contribution in [2.24, 2.45) is 17.8 Å². The third-order valence-corrected chi connectivity index (χ3v) is 4.77. The largest absolute Gasteiger partial charge is 0.333 e. The van der Waals surface area contributed by atoms with E-state index in [9.17, 15) is 4.79 Å². The summed E-state index contributed by atoms with van der Waals surface area (Å²) in [6.45, 7) is 7.72. The molecule has 1 aromatic heterocycles. The summed E-state index contributed by atoms with van der Waals surface area (Å²) in [5.41, 5.74) is 0. The molecule has 116 valence electrons. The van der Waals surface area contributed by atoms with E-state index in [0.717, 1.165) is 37.3 Å². The van der Waals surface area contributed by atoms with Gasteiger partial charge in [-0.3, -0.25) is 0 Å². The number of hydrogen-bond donors (Lipinski definition) is 1. The lowest BCUT2D eigenvalue weighted by Crippen LogP contribution is -2.39. The fourth-order valence-electron chi connectivity index (χ4n) is 3.73. The molecule has 2 fully saturated rings. The van der Waals surface area contributed by atoms with Gasteiger partial charge in [0.1, 0.15) is 5.82 Å². The summed E-state index contributed by atoms with van der Waals surface area (Å²) in [5, 5.41) is 3.03. The van der Waals surface area contributed by atoms with Gasteiger partial charge >= 0.3 is 6.03 Å². The van der Waals surface area contributed by atoms with E-state index in [4.69, 9.17) is 0 Å². The number of aromatic nitrogens is 2. The maximum Gasteiger partial charge on any atom is 0.317 e. The van der Waals surface area contributed by atoms with Gasteiger partial charge in [-0.1, -0.05) is 20.3 Å². The standard InChI is InChI=1S/C16H26N4O/c1-12(2)9-19-7-6-17-15(19)8-18-16(21)20-10-13-4-3-5-14(13)11-20/h6-7,12-14H,3-5,8-11H2,1-2H3,(H,18,21)/t13-,14-/m1/s1. The zero-order valence-electron chi connectivity index (χ0n) is 13.1. The number of fused-ring (bicyclic) bond motifs is 1. The first-order valence-electron chi connectivity index (χ1n) is 8.16. The molecule has 1 aliphatic carbocycles. The number of carbonyl (C=O) groups excluding carboxylic acids is 1. The molecule has 0 spiro atoms. The van der Waals surface area contributed by atoms with Gasteiger partial charge in [0.15, 0.2) is 0 Å². The van der Waals surface area contributed by atoms with E-state index in [0.29, 0.717) is 12.5 Å². The SMILES string of the molecule is CC(C)Cn1ccnc1CNC(=O)N1C[C@H]2CCC[C@@H]2C1. The molecule has 5 nitrogen and oxygen atoms in total. The third kappa shape index (κ3) is 3.22. The zero-order valence-corrected chi connectivity index (χ0v) is 13.1. The highest BCUT2D eigenvalue weighted by Gasteiger charge is 2.37. The number of carbonyl (C=O) groups is 1. The Bertz CT molecular complexity index is 484. The predicted molar refractivity (Wildman–Crippen MR) is 81.7 cm³/mol. The van der Waals surface area contributed by atoms with E-state index < -0.39 is 0 Å². The van der Waals surface area contributed by atoms with Crippen LogP contribution < -0.4 is 5.32 Å². The minimum atomic E-state index is 0.0727. The van der Waals surface area contributed by atoms with Crippen molar-refractivity contribution in [1.29, 1.82) is 0 Å². The Hall–Kier alpha value is -1.52. The van der Waals surface area contributed by atoms with Crippen LogP contribution in [0.3, 0.4) is 0 Å². The number of amides is 2. The van der Waals surface area contributed by atoms with E-state index in [1.165, 1.54) is 19.3 Å². The monoisotopic (exact) mass is 290 g/mol. The molecule has 2 atom stereocenters. The third-order valence-electron chi connectivity index (χ3n) is 4.77. The quantitative estimate of drug-likeness (QED) is 0.926. The van der Waals surface area contributed by atoms with Crippen LogP contribution in [-0.4, -0.2) is 33.6 Å². The second kappa shape index (κ2) is 6.08. The maximum absolute atomic E-state index is 12.3. The van der Waals surface area contributed by atoms with Gasteiger partial charge < -0.3 is 14.8 Å². The van der Waals surface area contributed by atoms with Crippen molar-refractivity contribution >= 4 is 6.03 Å². The van der Waals surface area contributed by atoms with Crippen LogP contribution in [0.25, 0.3) is 0 Å². The smallest absolute Gasteiger partial charge is 0.317 e. The molecule has 1 N–H and O–H groups in total. The fourth-order valence-corrected chi connectivity index (χ4v) is 3.73. The molecule has 21 heavy (non-hydrogen) atoms. The van der Waals surface area contributed by atoms with Crippen LogP contribution in [-0.2, 0) is 13.1 Å². The number of nitrogens with zero attached hydrogens (tertiary/aromatic N) is 3. The van der Waals surface area contributed by atoms with Gasteiger partial charge in [0.2, 0.25) is 0 Å². The van der Waals surface area contributed by atoms with Crippen LogP contribution in [0, 0.1) is 17.8 Å². The molecule has 2 amide bonds. The van der Waals surface area contributed by atoms with Crippen LogP contribution in [0.1, 0.15) is 38.9 Å². The minimum absolute atomic E-state index is 0.0727. The normalized spacial score (nSPS) is 24.6. The first-order valence-corrected chi connectivity index (χ1v) is 8.16. The lowest BCUT2D eigenvalue weighted by atomic mass is 10.0. The minimum Gasteiger partial charge on any atom is -0.333 e. The lowest BCUT2D eigenvalue weighted by Gasteiger charge is -2.18. The summed E-state index contributed by atoms with van der Waals surface area (Å²) in [5.74, 6) is 3.01. The Morgan fingerprint density at radius 3 is 2.76 bits per heavy atom. The molecule has 1 aliphatic heterocycles. The second-order valence-corrected chi connectivity index (χ2v) is 6.90. The van der Waals surface area contributed by atoms with Crippen molar-refractivity contribution in [1.82, 2.24) is 19.8 Å². The number of rotatable bonds is 4. The molecule has 0 radical (unpaired) electrons. The number of hydrogen-bond acceptors (Lipinski definition) is 2. The van der Waals surface area contributed by atoms with Gasteiger partial charge in [-0.2, -0.15) is 0 Å². The fraction of sp³-hybridized carbons (Fsp3) is 0.750. The summed E-state index contributed by atoms with van der Waals surface area (Å²) in [7, 11) is 0. The topological polar surface area (TPSA) is 50.2 Å². The summed E-state index contributed by atoms with van der Waals surface area (Å²) in [6, 6.07) is 0.0727. The number of urea groups is 1. The predicted octanol–water partition coefficient (Wildman–Crippen LogP) is 2.48. The molecule has 3 rings (SSSR count). The molecule has 2 heterocycles. The lowest BCUT2D eigenvalue weighted by molar-refractivity contribution is 0.204. The van der Waals surface area contributed by atoms with Crippen molar-refractivity contribution in [2.45, 2.75) is 46.2 Å². The summed E-state index contributed by atoms with van der Waals surface area (Å²) in [4.78, 5) is 18.6. The maximum atomic E-state index is 12.3. The van der Waals surface area contributed by atoms with Crippen LogP contribution in [0.15, 0.2) is 12.4 Å². The summed E-state index contributed by atoms with van der Waals surface area (Å²) < 4.78 is 2.13. The van der Waals surface area contributed by atoms with E-state index in [1.807, 2.05) is 17.3 Å². The molecule has 5 heteroatoms. The van der Waals surface area contributed by atoms with Gasteiger partial charge in [0.05, 0.1) is 6.54 Å². The molecule has 1 saturated heterocycles. The molecule has 2 aliphatic rings. The number of nitrogens with one attached hydrogen (secondary N) is 1. The van der Waals surface area contributed by atoms with Crippen LogP contribution in [0.4, 0.5) is 4.79 Å². The van der Waals surface area contributed by atoms with Crippen LogP contribution >= 0.6 is 0 Å². The molecular formula is C16H26N4O. The van der Waals surface area contributed by atoms with Crippen molar-refractivity contribution in [3.63, 3.8) is 0 Å². The second-order valence-electron chi connectivity index (χ2n) is 6.90. The number of likely N-dealkylation sites (tertiary alicyclic amines) is 1. The molecule has 0 bridgehead atoms. The Kier molecular flexibility index (Phi) is 4.17. The molecule has 0 unspecified atom stereocenters. The van der Waals surface area contributed by atoms with Crippen LogP contribution in [0.5, 0.6) is 0 Å². The highest BCUT2D eigenvalue weighted by Crippen LogP contribution is 2.37. The average molecular weight is 290 g/mol. The van der Waals surface area contributed by atoms with E-state index in [-0.39, 0.29) is 6.03 Å². The first kappa shape index (κ1) is 14.4. The van der Waals surface area contributed by atoms with E-state index in [1.54, 1.807) is 0 Å². The van der Waals surface area contributed by atoms with Gasteiger partial charge in [-0.05, 0) is 30.6 Å². The molecule has 1 aromatic rings. The Labute approximate surface area is 126 Å². The van der Waals surface area contributed by atoms with Gasteiger partial charge in [0.25, 0.3) is 0 Å². The van der Waals surface area contributed by atoms with Crippen LogP contribution in [0.2, 0.25) is 0 Å². The van der Waals surface area contributed by atoms with E-state index in [2.05, 4.69) is 28.7 Å².